The summed E-state index contributed by atoms with van der Waals surface area (Å²) in [5.41, 5.74) is 5.24. The second kappa shape index (κ2) is 4.49. The molecule has 15 heavy (non-hydrogen) atoms. The van der Waals surface area contributed by atoms with Crippen LogP contribution >= 0.6 is 11.6 Å². The second-order valence-electron chi connectivity index (χ2n) is 2.61. The van der Waals surface area contributed by atoms with Crippen LogP contribution in [0.2, 0.25) is 5.02 Å². The SMILES string of the molecule is NC(=O)C#Cc1ccc(C(=O)O)c(Cl)c1. The minimum Gasteiger partial charge on any atom is -0.478 e. The van der Waals surface area contributed by atoms with Crippen LogP contribution in [-0.2, 0) is 4.79 Å². The van der Waals surface area contributed by atoms with E-state index in [0.29, 0.717) is 5.56 Å². The van der Waals surface area contributed by atoms with Gasteiger partial charge in [0.15, 0.2) is 0 Å². The van der Waals surface area contributed by atoms with Gasteiger partial charge in [0.05, 0.1) is 10.6 Å². The maximum Gasteiger partial charge on any atom is 0.337 e. The molecule has 1 rings (SSSR count). The first kappa shape index (κ1) is 11.1. The average molecular weight is 224 g/mol. The van der Waals surface area contributed by atoms with Crippen LogP contribution in [0.3, 0.4) is 0 Å². The van der Waals surface area contributed by atoms with Crippen LogP contribution in [0.1, 0.15) is 15.9 Å². The number of amides is 1. The fraction of sp³-hybridized carbons (Fsp3) is 0. The lowest BCUT2D eigenvalue weighted by molar-refractivity contribution is -0.112. The molecule has 0 spiro atoms. The minimum absolute atomic E-state index is 0.0127. The third-order valence-electron chi connectivity index (χ3n) is 1.53. The van der Waals surface area contributed by atoms with Crippen molar-refractivity contribution in [2.24, 2.45) is 5.73 Å². The number of benzene rings is 1. The van der Waals surface area contributed by atoms with E-state index >= 15 is 0 Å². The van der Waals surface area contributed by atoms with Gasteiger partial charge in [-0.25, -0.2) is 4.79 Å². The molecule has 3 N–H and O–H groups in total. The van der Waals surface area contributed by atoms with E-state index in [0.717, 1.165) is 0 Å². The molecule has 4 nitrogen and oxygen atoms in total. The summed E-state index contributed by atoms with van der Waals surface area (Å²) in [6.07, 6.45) is 0. The molecule has 76 valence electrons. The standard InChI is InChI=1S/C10H6ClNO3/c11-8-5-6(2-4-9(12)13)1-3-7(8)10(14)15/h1,3,5H,(H2,12,13)(H,14,15). The van der Waals surface area contributed by atoms with Gasteiger partial charge in [-0.05, 0) is 24.1 Å². The van der Waals surface area contributed by atoms with E-state index in [1.54, 1.807) is 0 Å². The Labute approximate surface area is 90.7 Å². The van der Waals surface area contributed by atoms with Crippen molar-refractivity contribution in [3.63, 3.8) is 0 Å². The normalized spacial score (nSPS) is 8.87. The van der Waals surface area contributed by atoms with Gasteiger partial charge in [0.2, 0.25) is 0 Å². The molecule has 5 heteroatoms. The molecule has 0 saturated carbocycles. The average Bonchev–Trinajstić information content (AvgIpc) is 2.14. The predicted octanol–water partition coefficient (Wildman–Crippen LogP) is 0.875. The Balaban J connectivity index is 3.09. The molecule has 0 unspecified atom stereocenters. The molecule has 0 atom stereocenters. The summed E-state index contributed by atoms with van der Waals surface area (Å²) in [5.74, 6) is 2.70. The van der Waals surface area contributed by atoms with E-state index in [1.807, 2.05) is 0 Å². The number of carbonyl (C=O) groups is 2. The van der Waals surface area contributed by atoms with Crippen molar-refractivity contribution in [3.05, 3.63) is 34.3 Å². The van der Waals surface area contributed by atoms with E-state index in [2.05, 4.69) is 11.8 Å². The third kappa shape index (κ3) is 3.01. The van der Waals surface area contributed by atoms with Crippen molar-refractivity contribution < 1.29 is 14.7 Å². The van der Waals surface area contributed by atoms with Gasteiger partial charge in [-0.3, -0.25) is 4.79 Å². The Morgan fingerprint density at radius 2 is 2.07 bits per heavy atom. The molecule has 0 heterocycles. The Morgan fingerprint density at radius 3 is 2.53 bits per heavy atom. The smallest absolute Gasteiger partial charge is 0.337 e. The van der Waals surface area contributed by atoms with Crippen molar-refractivity contribution >= 4 is 23.5 Å². The summed E-state index contributed by atoms with van der Waals surface area (Å²) in [6.45, 7) is 0. The maximum absolute atomic E-state index is 10.6. The van der Waals surface area contributed by atoms with Gasteiger partial charge in [-0.15, -0.1) is 0 Å². The van der Waals surface area contributed by atoms with Gasteiger partial charge in [0.25, 0.3) is 5.91 Å². The summed E-state index contributed by atoms with van der Waals surface area (Å²) in [7, 11) is 0. The lowest BCUT2D eigenvalue weighted by atomic mass is 10.1. The van der Waals surface area contributed by atoms with E-state index < -0.39 is 11.9 Å². The largest absolute Gasteiger partial charge is 0.478 e. The first-order chi connectivity index (χ1) is 7.00. The predicted molar refractivity (Wildman–Crippen MR) is 54.5 cm³/mol. The Kier molecular flexibility index (Phi) is 3.32. The quantitative estimate of drug-likeness (QED) is 0.694. The Bertz CT molecular complexity index is 485. The summed E-state index contributed by atoms with van der Waals surface area (Å²) in [5, 5.41) is 8.75. The van der Waals surface area contributed by atoms with Crippen LogP contribution in [-0.4, -0.2) is 17.0 Å². The topological polar surface area (TPSA) is 80.4 Å². The molecule has 0 radical (unpaired) electrons. The van der Waals surface area contributed by atoms with Crippen molar-refractivity contribution in [2.45, 2.75) is 0 Å². The highest BCUT2D eigenvalue weighted by Gasteiger charge is 2.07. The highest BCUT2D eigenvalue weighted by atomic mass is 35.5. The molecule has 0 aromatic heterocycles. The van der Waals surface area contributed by atoms with Gasteiger partial charge in [-0.2, -0.15) is 0 Å². The molecule has 1 aromatic carbocycles. The van der Waals surface area contributed by atoms with Crippen LogP contribution < -0.4 is 5.73 Å². The van der Waals surface area contributed by atoms with Crippen LogP contribution in [0.5, 0.6) is 0 Å². The molecule has 0 fully saturated rings. The van der Waals surface area contributed by atoms with Gasteiger partial charge in [-0.1, -0.05) is 17.5 Å². The molecule has 0 saturated heterocycles. The first-order valence-electron chi connectivity index (χ1n) is 3.85. The molecule has 0 aliphatic heterocycles. The van der Waals surface area contributed by atoms with Crippen LogP contribution in [0.4, 0.5) is 0 Å². The number of aromatic carboxylic acids is 1. The summed E-state index contributed by atoms with van der Waals surface area (Å²) >= 11 is 5.67. The zero-order valence-corrected chi connectivity index (χ0v) is 8.21. The summed E-state index contributed by atoms with van der Waals surface area (Å²) < 4.78 is 0. The van der Waals surface area contributed by atoms with E-state index in [1.165, 1.54) is 18.2 Å². The number of hydrogen-bond donors (Lipinski definition) is 2. The molecule has 0 aliphatic rings. The molecular weight excluding hydrogens is 218 g/mol. The molecular formula is C10H6ClNO3. The number of nitrogens with two attached hydrogens (primary N) is 1. The number of primary amides is 1. The number of carboxylic acid groups (broad SMARTS) is 1. The molecule has 1 aromatic rings. The highest BCUT2D eigenvalue weighted by molar-refractivity contribution is 6.33. The van der Waals surface area contributed by atoms with Crippen LogP contribution in [0, 0.1) is 11.8 Å². The number of halogens is 1. The fourth-order valence-corrected chi connectivity index (χ4v) is 1.16. The summed E-state index contributed by atoms with van der Waals surface area (Å²) in [6, 6.07) is 4.13. The van der Waals surface area contributed by atoms with Gasteiger partial charge < -0.3 is 10.8 Å². The first-order valence-corrected chi connectivity index (χ1v) is 4.23. The molecule has 0 bridgehead atoms. The summed E-state index contributed by atoms with van der Waals surface area (Å²) in [4.78, 5) is 21.0. The van der Waals surface area contributed by atoms with E-state index in [4.69, 9.17) is 22.4 Å². The van der Waals surface area contributed by atoms with Crippen LogP contribution in [0.25, 0.3) is 0 Å². The third-order valence-corrected chi connectivity index (χ3v) is 1.84. The maximum atomic E-state index is 10.6. The number of hydrogen-bond acceptors (Lipinski definition) is 2. The van der Waals surface area contributed by atoms with Gasteiger partial charge in [0.1, 0.15) is 0 Å². The van der Waals surface area contributed by atoms with Crippen molar-refractivity contribution in [1.29, 1.82) is 0 Å². The minimum atomic E-state index is -1.12. The Morgan fingerprint density at radius 1 is 1.40 bits per heavy atom. The van der Waals surface area contributed by atoms with Crippen molar-refractivity contribution in [3.8, 4) is 11.8 Å². The van der Waals surface area contributed by atoms with Crippen molar-refractivity contribution in [1.82, 2.24) is 0 Å². The number of carbonyl (C=O) groups excluding carboxylic acids is 1. The van der Waals surface area contributed by atoms with E-state index in [9.17, 15) is 9.59 Å². The van der Waals surface area contributed by atoms with Gasteiger partial charge in [0, 0.05) is 5.56 Å². The monoisotopic (exact) mass is 223 g/mol. The fourth-order valence-electron chi connectivity index (χ4n) is 0.900. The number of rotatable bonds is 1. The van der Waals surface area contributed by atoms with Crippen LogP contribution in [0.15, 0.2) is 18.2 Å². The van der Waals surface area contributed by atoms with Crippen molar-refractivity contribution in [2.75, 3.05) is 0 Å². The molecule has 0 aliphatic carbocycles. The Hall–Kier alpha value is -1.99. The number of carboxylic acids is 1. The lowest BCUT2D eigenvalue weighted by Gasteiger charge is -1.98. The zero-order valence-electron chi connectivity index (χ0n) is 7.45. The second-order valence-corrected chi connectivity index (χ2v) is 3.02. The van der Waals surface area contributed by atoms with E-state index in [-0.39, 0.29) is 10.6 Å². The van der Waals surface area contributed by atoms with Gasteiger partial charge >= 0.3 is 5.97 Å². The molecule has 1 amide bonds. The zero-order chi connectivity index (χ0) is 11.4. The lowest BCUT2D eigenvalue weighted by Crippen LogP contribution is -2.06. The highest BCUT2D eigenvalue weighted by Crippen LogP contribution is 2.17.